The molecule has 126 valence electrons. The van der Waals surface area contributed by atoms with Gasteiger partial charge in [-0.3, -0.25) is 0 Å². The first-order valence-corrected chi connectivity index (χ1v) is 8.54. The number of oxazole rings is 1. The van der Waals surface area contributed by atoms with E-state index in [4.69, 9.17) is 4.42 Å². The maximum Gasteiger partial charge on any atom is 0.234 e. The zero-order valence-corrected chi connectivity index (χ0v) is 13.9. The molecule has 1 aliphatic heterocycles. The van der Waals surface area contributed by atoms with Gasteiger partial charge in [-0.1, -0.05) is 42.5 Å². The second-order valence-corrected chi connectivity index (χ2v) is 6.43. The van der Waals surface area contributed by atoms with Gasteiger partial charge in [-0.05, 0) is 29.2 Å². The van der Waals surface area contributed by atoms with E-state index in [0.29, 0.717) is 30.4 Å². The van der Waals surface area contributed by atoms with Crippen molar-refractivity contribution >= 4 is 16.7 Å². The molecule has 2 aromatic carbocycles. The predicted molar refractivity (Wildman–Crippen MR) is 95.4 cm³/mol. The summed E-state index contributed by atoms with van der Waals surface area (Å²) in [6.45, 7) is 1.26. The molecule has 0 saturated carbocycles. The molecule has 0 aliphatic carbocycles. The average Bonchev–Trinajstić information content (AvgIpc) is 3.05. The van der Waals surface area contributed by atoms with E-state index in [9.17, 15) is 10.4 Å². The maximum absolute atomic E-state index is 9.88. The molecule has 5 nitrogen and oxygen atoms in total. The summed E-state index contributed by atoms with van der Waals surface area (Å²) in [4.78, 5) is 6.30. The monoisotopic (exact) mass is 333 g/mol. The molecule has 1 fully saturated rings. The molecule has 5 heteroatoms. The summed E-state index contributed by atoms with van der Waals surface area (Å²) in [5, 5.41) is 21.6. The number of piperidine rings is 1. The Hall–Kier alpha value is -2.84. The van der Waals surface area contributed by atoms with Gasteiger partial charge < -0.3 is 14.4 Å². The highest BCUT2D eigenvalue weighted by Gasteiger charge is 2.25. The summed E-state index contributed by atoms with van der Waals surface area (Å²) in [7, 11) is 0. The molecule has 25 heavy (non-hydrogen) atoms. The molecule has 4 rings (SSSR count). The van der Waals surface area contributed by atoms with Crippen molar-refractivity contribution < 1.29 is 9.52 Å². The lowest BCUT2D eigenvalue weighted by Crippen LogP contribution is -2.38. The fourth-order valence-corrected chi connectivity index (χ4v) is 3.47. The number of aromatic nitrogens is 1. The van der Waals surface area contributed by atoms with Crippen LogP contribution in [0.1, 0.15) is 30.0 Å². The lowest BCUT2D eigenvalue weighted by Gasteiger charge is -2.29. The molecule has 0 bridgehead atoms. The van der Waals surface area contributed by atoms with Crippen molar-refractivity contribution in [3.63, 3.8) is 0 Å². The van der Waals surface area contributed by atoms with Crippen LogP contribution in [0.25, 0.3) is 10.8 Å². The normalized spacial score (nSPS) is 17.6. The Labute approximate surface area is 146 Å². The molecule has 0 radical (unpaired) electrons. The molecular formula is C20H19N3O2. The van der Waals surface area contributed by atoms with Gasteiger partial charge in [0, 0.05) is 13.1 Å². The van der Waals surface area contributed by atoms with E-state index in [0.717, 1.165) is 30.3 Å². The van der Waals surface area contributed by atoms with Gasteiger partial charge in [0.25, 0.3) is 0 Å². The van der Waals surface area contributed by atoms with E-state index in [1.54, 1.807) is 0 Å². The van der Waals surface area contributed by atoms with Crippen LogP contribution in [0, 0.1) is 11.3 Å². The number of nitriles is 1. The summed E-state index contributed by atoms with van der Waals surface area (Å²) < 4.78 is 5.93. The number of rotatable bonds is 3. The summed E-state index contributed by atoms with van der Waals surface area (Å²) in [6, 6.07) is 16.5. The first-order chi connectivity index (χ1) is 12.2. The number of nitrogens with zero attached hydrogens (tertiary/aromatic N) is 3. The Kier molecular flexibility index (Phi) is 4.12. The van der Waals surface area contributed by atoms with Gasteiger partial charge in [-0.25, -0.2) is 4.98 Å². The van der Waals surface area contributed by atoms with Crippen LogP contribution in [0.4, 0.5) is 5.88 Å². The Morgan fingerprint density at radius 3 is 2.92 bits per heavy atom. The molecule has 0 amide bonds. The van der Waals surface area contributed by atoms with Gasteiger partial charge in [0.15, 0.2) is 0 Å². The van der Waals surface area contributed by atoms with E-state index in [-0.39, 0.29) is 6.10 Å². The molecule has 1 N–H and O–H groups in total. The summed E-state index contributed by atoms with van der Waals surface area (Å²) in [5.41, 5.74) is 1.42. The maximum atomic E-state index is 9.88. The quantitative estimate of drug-likeness (QED) is 0.796. The van der Waals surface area contributed by atoms with Crippen molar-refractivity contribution in [3.05, 3.63) is 59.6 Å². The Morgan fingerprint density at radius 2 is 2.08 bits per heavy atom. The first kappa shape index (κ1) is 15.7. The number of hydrogen-bond donors (Lipinski definition) is 1. The molecule has 1 aromatic heterocycles. The Balaban J connectivity index is 1.66. The van der Waals surface area contributed by atoms with Crippen LogP contribution in [-0.4, -0.2) is 29.3 Å². The summed E-state index contributed by atoms with van der Waals surface area (Å²) >= 11 is 0. The van der Waals surface area contributed by atoms with Crippen molar-refractivity contribution in [2.75, 3.05) is 18.0 Å². The van der Waals surface area contributed by atoms with Crippen molar-refractivity contribution in [1.29, 1.82) is 5.26 Å². The Morgan fingerprint density at radius 1 is 1.24 bits per heavy atom. The number of β-amino-alcohol motifs (C(OH)–C–C–N with tert-alkyl or cyclic N) is 1. The van der Waals surface area contributed by atoms with E-state index >= 15 is 0 Å². The van der Waals surface area contributed by atoms with Crippen molar-refractivity contribution in [3.8, 4) is 6.07 Å². The van der Waals surface area contributed by atoms with E-state index < -0.39 is 0 Å². The third-order valence-corrected chi connectivity index (χ3v) is 4.66. The highest BCUT2D eigenvalue weighted by Crippen LogP contribution is 2.27. The molecule has 1 atom stereocenters. The third-order valence-electron chi connectivity index (χ3n) is 4.66. The van der Waals surface area contributed by atoms with E-state index in [2.05, 4.69) is 35.3 Å². The predicted octanol–water partition coefficient (Wildman–Crippen LogP) is 3.25. The van der Waals surface area contributed by atoms with Crippen LogP contribution in [0.3, 0.4) is 0 Å². The molecule has 1 saturated heterocycles. The number of aliphatic hydroxyl groups excluding tert-OH is 1. The van der Waals surface area contributed by atoms with Crippen LogP contribution in [0.15, 0.2) is 46.9 Å². The highest BCUT2D eigenvalue weighted by atomic mass is 16.4. The highest BCUT2D eigenvalue weighted by molar-refractivity contribution is 5.85. The lowest BCUT2D eigenvalue weighted by atomic mass is 10.0. The standard InChI is InChI=1S/C20H19N3O2/c21-12-18-20(23-10-4-8-16(24)13-23)25-19(22-18)11-15-7-3-6-14-5-1-2-9-17(14)15/h1-3,5-7,9,16,24H,4,8,10-11,13H2/t16-/m1/s1. The third kappa shape index (κ3) is 3.09. The fraction of sp³-hybridized carbons (Fsp3) is 0.300. The van der Waals surface area contributed by atoms with Gasteiger partial charge in [-0.2, -0.15) is 5.26 Å². The molecule has 2 heterocycles. The van der Waals surface area contributed by atoms with Crippen molar-refractivity contribution in [1.82, 2.24) is 4.98 Å². The van der Waals surface area contributed by atoms with E-state index in [1.165, 1.54) is 5.39 Å². The number of benzene rings is 2. The first-order valence-electron chi connectivity index (χ1n) is 8.54. The minimum Gasteiger partial charge on any atom is -0.423 e. The van der Waals surface area contributed by atoms with Crippen LogP contribution < -0.4 is 4.90 Å². The minimum atomic E-state index is -0.382. The van der Waals surface area contributed by atoms with Crippen molar-refractivity contribution in [2.45, 2.75) is 25.4 Å². The van der Waals surface area contributed by atoms with Gasteiger partial charge >= 0.3 is 0 Å². The number of hydrogen-bond acceptors (Lipinski definition) is 5. The fourth-order valence-electron chi connectivity index (χ4n) is 3.47. The number of anilines is 1. The molecule has 1 aliphatic rings. The summed E-state index contributed by atoms with van der Waals surface area (Å²) in [6.07, 6.45) is 1.82. The van der Waals surface area contributed by atoms with Crippen LogP contribution >= 0.6 is 0 Å². The SMILES string of the molecule is N#Cc1nc(Cc2cccc3ccccc23)oc1N1CCC[C@@H](O)C1. The Bertz CT molecular complexity index is 936. The van der Waals surface area contributed by atoms with Crippen LogP contribution in [-0.2, 0) is 6.42 Å². The van der Waals surface area contributed by atoms with Gasteiger partial charge in [0.1, 0.15) is 6.07 Å². The number of aliphatic hydroxyl groups is 1. The van der Waals surface area contributed by atoms with Gasteiger partial charge in [0.05, 0.1) is 12.5 Å². The zero-order valence-electron chi connectivity index (χ0n) is 13.9. The van der Waals surface area contributed by atoms with Gasteiger partial charge in [-0.15, -0.1) is 0 Å². The largest absolute Gasteiger partial charge is 0.423 e. The molecule has 0 unspecified atom stereocenters. The molecule has 3 aromatic rings. The second-order valence-electron chi connectivity index (χ2n) is 6.43. The topological polar surface area (TPSA) is 73.3 Å². The average molecular weight is 333 g/mol. The lowest BCUT2D eigenvalue weighted by molar-refractivity contribution is 0.152. The van der Waals surface area contributed by atoms with Gasteiger partial charge in [0.2, 0.25) is 17.5 Å². The van der Waals surface area contributed by atoms with E-state index in [1.807, 2.05) is 23.1 Å². The smallest absolute Gasteiger partial charge is 0.234 e. The summed E-state index contributed by atoms with van der Waals surface area (Å²) in [5.74, 6) is 1.01. The van der Waals surface area contributed by atoms with Crippen molar-refractivity contribution in [2.24, 2.45) is 0 Å². The zero-order chi connectivity index (χ0) is 17.2. The number of fused-ring (bicyclic) bond motifs is 1. The van der Waals surface area contributed by atoms with Crippen LogP contribution in [0.2, 0.25) is 0 Å². The van der Waals surface area contributed by atoms with Crippen LogP contribution in [0.5, 0.6) is 0 Å². The molecule has 0 spiro atoms. The second kappa shape index (κ2) is 6.58. The minimum absolute atomic E-state index is 0.296. The molecular weight excluding hydrogens is 314 g/mol.